The summed E-state index contributed by atoms with van der Waals surface area (Å²) < 4.78 is 1.83. The van der Waals surface area contributed by atoms with Crippen molar-refractivity contribution >= 4 is 35.6 Å². The maximum absolute atomic E-state index is 11.9. The van der Waals surface area contributed by atoms with Gasteiger partial charge in [0.15, 0.2) is 5.96 Å². The second-order valence-corrected chi connectivity index (χ2v) is 7.30. The van der Waals surface area contributed by atoms with Gasteiger partial charge in [0.05, 0.1) is 5.69 Å². The summed E-state index contributed by atoms with van der Waals surface area (Å²) in [6.45, 7) is 6.93. The highest BCUT2D eigenvalue weighted by Crippen LogP contribution is 2.27. The van der Waals surface area contributed by atoms with Gasteiger partial charge in [-0.2, -0.15) is 0 Å². The predicted molar refractivity (Wildman–Crippen MR) is 133 cm³/mol. The van der Waals surface area contributed by atoms with E-state index in [4.69, 9.17) is 0 Å². The Morgan fingerprint density at radius 3 is 2.47 bits per heavy atom. The summed E-state index contributed by atoms with van der Waals surface area (Å²) in [6.07, 6.45) is 1.91. The molecule has 0 bridgehead atoms. The number of benzene rings is 1. The zero-order valence-electron chi connectivity index (χ0n) is 17.8. The third-order valence-corrected chi connectivity index (χ3v) is 5.37. The number of aromatic hydroxyl groups is 1. The van der Waals surface area contributed by atoms with E-state index < -0.39 is 0 Å². The van der Waals surface area contributed by atoms with E-state index in [-0.39, 0.29) is 29.5 Å². The van der Waals surface area contributed by atoms with Crippen LogP contribution >= 0.6 is 24.0 Å². The Balaban J connectivity index is 0.00000320. The Labute approximate surface area is 195 Å². The number of para-hydroxylation sites is 2. The molecular formula is C22H32IN5O2. The predicted octanol–water partition coefficient (Wildman–Crippen LogP) is 2.66. The van der Waals surface area contributed by atoms with Crippen molar-refractivity contribution in [3.8, 4) is 5.75 Å². The number of hydrogen-bond acceptors (Lipinski definition) is 4. The lowest BCUT2D eigenvalue weighted by Gasteiger charge is -2.37. The normalized spacial score (nSPS) is 14.4. The number of rotatable bonds is 6. The number of phenolic OH excluding ortho intramolecular Hbond substituents is 1. The molecule has 2 heterocycles. The SMILES string of the molecule is CN=C(NCCCCn1c(C)cccc1=O)N1CCN(c2ccccc2O)CC1.I. The fourth-order valence-corrected chi connectivity index (χ4v) is 3.73. The molecule has 1 aliphatic rings. The molecule has 1 aromatic carbocycles. The second kappa shape index (κ2) is 11.8. The molecule has 30 heavy (non-hydrogen) atoms. The average Bonchev–Trinajstić information content (AvgIpc) is 2.73. The number of halogens is 1. The van der Waals surface area contributed by atoms with Gasteiger partial charge in [-0.25, -0.2) is 0 Å². The molecule has 2 N–H and O–H groups in total. The van der Waals surface area contributed by atoms with Crippen LogP contribution in [-0.2, 0) is 6.54 Å². The van der Waals surface area contributed by atoms with E-state index in [1.54, 1.807) is 18.2 Å². The molecule has 1 aromatic heterocycles. The van der Waals surface area contributed by atoms with Gasteiger partial charge in [0.1, 0.15) is 5.75 Å². The number of nitrogens with zero attached hydrogens (tertiary/aromatic N) is 4. The molecule has 7 nitrogen and oxygen atoms in total. The van der Waals surface area contributed by atoms with E-state index in [0.717, 1.165) is 69.5 Å². The molecule has 1 saturated heterocycles. The van der Waals surface area contributed by atoms with Crippen molar-refractivity contribution in [2.75, 3.05) is 44.7 Å². The van der Waals surface area contributed by atoms with Gasteiger partial charge < -0.3 is 24.8 Å². The molecule has 0 amide bonds. The van der Waals surface area contributed by atoms with Crippen LogP contribution in [-0.4, -0.2) is 60.3 Å². The first-order chi connectivity index (χ1) is 14.1. The first-order valence-electron chi connectivity index (χ1n) is 10.2. The number of pyridine rings is 1. The third-order valence-electron chi connectivity index (χ3n) is 5.37. The highest BCUT2D eigenvalue weighted by Gasteiger charge is 2.21. The van der Waals surface area contributed by atoms with Crippen molar-refractivity contribution in [2.24, 2.45) is 4.99 Å². The summed E-state index contributed by atoms with van der Waals surface area (Å²) in [5, 5.41) is 13.5. The van der Waals surface area contributed by atoms with Crippen LogP contribution < -0.4 is 15.8 Å². The molecule has 0 spiro atoms. The van der Waals surface area contributed by atoms with Crippen molar-refractivity contribution in [3.05, 3.63) is 58.5 Å². The first-order valence-corrected chi connectivity index (χ1v) is 10.2. The first kappa shape index (κ1) is 24.0. The lowest BCUT2D eigenvalue weighted by Crippen LogP contribution is -2.52. The largest absolute Gasteiger partial charge is 0.506 e. The highest BCUT2D eigenvalue weighted by atomic mass is 127. The number of nitrogens with one attached hydrogen (secondary N) is 1. The Kier molecular flexibility index (Phi) is 9.48. The Bertz CT molecular complexity index is 891. The maximum Gasteiger partial charge on any atom is 0.250 e. The molecule has 0 unspecified atom stereocenters. The number of phenols is 1. The summed E-state index contributed by atoms with van der Waals surface area (Å²) in [7, 11) is 1.81. The summed E-state index contributed by atoms with van der Waals surface area (Å²) in [4.78, 5) is 20.8. The average molecular weight is 525 g/mol. The van der Waals surface area contributed by atoms with Gasteiger partial charge >= 0.3 is 0 Å². The minimum atomic E-state index is 0. The van der Waals surface area contributed by atoms with E-state index in [1.165, 1.54) is 0 Å². The van der Waals surface area contributed by atoms with Crippen LogP contribution in [0.1, 0.15) is 18.5 Å². The Morgan fingerprint density at radius 2 is 1.80 bits per heavy atom. The maximum atomic E-state index is 11.9. The van der Waals surface area contributed by atoms with Crippen LogP contribution in [0.4, 0.5) is 5.69 Å². The van der Waals surface area contributed by atoms with Crippen LogP contribution in [0.2, 0.25) is 0 Å². The number of aromatic nitrogens is 1. The van der Waals surface area contributed by atoms with Crippen LogP contribution in [0, 0.1) is 6.92 Å². The number of guanidine groups is 1. The molecule has 1 aliphatic heterocycles. The molecule has 3 rings (SSSR count). The fraction of sp³-hybridized carbons (Fsp3) is 0.455. The molecule has 8 heteroatoms. The molecule has 2 aromatic rings. The van der Waals surface area contributed by atoms with Gasteiger partial charge in [-0.05, 0) is 38.0 Å². The zero-order valence-corrected chi connectivity index (χ0v) is 20.1. The van der Waals surface area contributed by atoms with Gasteiger partial charge in [0.2, 0.25) is 0 Å². The Morgan fingerprint density at radius 1 is 1.07 bits per heavy atom. The highest BCUT2D eigenvalue weighted by molar-refractivity contribution is 14.0. The van der Waals surface area contributed by atoms with Crippen molar-refractivity contribution in [1.82, 2.24) is 14.8 Å². The molecular weight excluding hydrogens is 493 g/mol. The van der Waals surface area contributed by atoms with Gasteiger partial charge in [-0.15, -0.1) is 24.0 Å². The van der Waals surface area contributed by atoms with Gasteiger partial charge in [-0.1, -0.05) is 18.2 Å². The zero-order chi connectivity index (χ0) is 20.6. The van der Waals surface area contributed by atoms with Crippen molar-refractivity contribution < 1.29 is 5.11 Å². The molecule has 0 radical (unpaired) electrons. The number of hydrogen-bond donors (Lipinski definition) is 2. The second-order valence-electron chi connectivity index (χ2n) is 7.30. The molecule has 0 atom stereocenters. The Hall–Kier alpha value is -2.23. The van der Waals surface area contributed by atoms with Gasteiger partial charge in [0.25, 0.3) is 5.56 Å². The van der Waals surface area contributed by atoms with Crippen LogP contribution in [0.5, 0.6) is 5.75 Å². The summed E-state index contributed by atoms with van der Waals surface area (Å²) in [5.41, 5.74) is 1.96. The van der Waals surface area contributed by atoms with Crippen LogP contribution in [0.3, 0.4) is 0 Å². The molecule has 164 valence electrons. The number of anilines is 1. The smallest absolute Gasteiger partial charge is 0.250 e. The van der Waals surface area contributed by atoms with Crippen molar-refractivity contribution in [3.63, 3.8) is 0 Å². The van der Waals surface area contributed by atoms with E-state index in [0.29, 0.717) is 5.75 Å². The van der Waals surface area contributed by atoms with E-state index in [9.17, 15) is 9.90 Å². The van der Waals surface area contributed by atoms with Crippen LogP contribution in [0.25, 0.3) is 0 Å². The van der Waals surface area contributed by atoms with Gasteiger partial charge in [-0.3, -0.25) is 9.79 Å². The van der Waals surface area contributed by atoms with E-state index in [1.807, 2.05) is 42.8 Å². The summed E-state index contributed by atoms with van der Waals surface area (Å²) in [6, 6.07) is 12.9. The lowest BCUT2D eigenvalue weighted by molar-refractivity contribution is 0.369. The topological polar surface area (TPSA) is 73.1 Å². The van der Waals surface area contributed by atoms with E-state index >= 15 is 0 Å². The summed E-state index contributed by atoms with van der Waals surface area (Å²) >= 11 is 0. The minimum absolute atomic E-state index is 0. The number of piperazine rings is 1. The van der Waals surface area contributed by atoms with Gasteiger partial charge in [0, 0.05) is 58.1 Å². The lowest BCUT2D eigenvalue weighted by atomic mass is 10.2. The third kappa shape index (κ3) is 6.13. The molecule has 0 saturated carbocycles. The van der Waals surface area contributed by atoms with Crippen molar-refractivity contribution in [1.29, 1.82) is 0 Å². The quantitative estimate of drug-likeness (QED) is 0.263. The molecule has 0 aliphatic carbocycles. The standard InChI is InChI=1S/C22H31N5O2.HI/c1-18-8-7-11-21(29)27(18)13-6-5-12-24-22(23-2)26-16-14-25(15-17-26)19-9-3-4-10-20(19)28;/h3-4,7-11,28H,5-6,12-17H2,1-2H3,(H,23,24);1H. The van der Waals surface area contributed by atoms with E-state index in [2.05, 4.69) is 20.1 Å². The monoisotopic (exact) mass is 525 g/mol. The number of aryl methyl sites for hydroxylation is 1. The number of aliphatic imine (C=N–C) groups is 1. The number of unbranched alkanes of at least 4 members (excludes halogenated alkanes) is 1. The van der Waals surface area contributed by atoms with Crippen LogP contribution in [0.15, 0.2) is 52.3 Å². The summed E-state index contributed by atoms with van der Waals surface area (Å²) in [5.74, 6) is 1.24. The minimum Gasteiger partial charge on any atom is -0.506 e. The fourth-order valence-electron chi connectivity index (χ4n) is 3.73. The molecule has 1 fully saturated rings. The van der Waals surface area contributed by atoms with Crippen molar-refractivity contribution in [2.45, 2.75) is 26.3 Å².